The van der Waals surface area contributed by atoms with Crippen molar-refractivity contribution >= 4 is 5.97 Å². The molecule has 0 aliphatic carbocycles. The van der Waals surface area contributed by atoms with E-state index in [0.717, 1.165) is 0 Å². The molecule has 0 bridgehead atoms. The molecule has 0 saturated carbocycles. The van der Waals surface area contributed by atoms with Crippen molar-refractivity contribution in [3.05, 3.63) is 23.3 Å². The zero-order valence-corrected chi connectivity index (χ0v) is 11.1. The quantitative estimate of drug-likeness (QED) is 0.799. The lowest BCUT2D eigenvalue weighted by Crippen LogP contribution is -2.16. The van der Waals surface area contributed by atoms with Crippen molar-refractivity contribution in [2.24, 2.45) is 0 Å². The van der Waals surface area contributed by atoms with Gasteiger partial charge in [0, 0.05) is 11.1 Å². The molecule has 0 spiro atoms. The Labute approximate surface area is 110 Å². The van der Waals surface area contributed by atoms with Gasteiger partial charge >= 0.3 is 5.97 Å². The van der Waals surface area contributed by atoms with Crippen LogP contribution >= 0.6 is 0 Å². The maximum absolute atomic E-state index is 12.8. The van der Waals surface area contributed by atoms with Crippen LogP contribution in [0.5, 0.6) is 11.5 Å². The summed E-state index contributed by atoms with van der Waals surface area (Å²) in [6, 6.07) is 2.76. The number of hydrogen-bond acceptors (Lipinski definition) is 5. The Hall–Kier alpha value is -1.82. The zero-order chi connectivity index (χ0) is 14.4. The Morgan fingerprint density at radius 1 is 1.32 bits per heavy atom. The predicted molar refractivity (Wildman–Crippen MR) is 66.0 cm³/mol. The first-order valence-electron chi connectivity index (χ1n) is 5.74. The minimum absolute atomic E-state index is 0.151. The zero-order valence-electron chi connectivity index (χ0n) is 11.1. The van der Waals surface area contributed by atoms with Gasteiger partial charge in [-0.1, -0.05) is 0 Å². The number of aliphatic hydroxyl groups is 1. The number of benzene rings is 1. The molecule has 0 amide bonds. The summed E-state index contributed by atoms with van der Waals surface area (Å²) in [5.74, 6) is -0.355. The Morgan fingerprint density at radius 3 is 2.42 bits per heavy atom. The number of alkyl halides is 1. The first kappa shape index (κ1) is 15.2. The van der Waals surface area contributed by atoms with Gasteiger partial charge in [0.1, 0.15) is 18.2 Å². The molecule has 1 N–H and O–H groups in total. The predicted octanol–water partition coefficient (Wildman–Crippen LogP) is 1.77. The van der Waals surface area contributed by atoms with Crippen molar-refractivity contribution < 1.29 is 28.5 Å². The van der Waals surface area contributed by atoms with Gasteiger partial charge in [0.05, 0.1) is 20.8 Å². The van der Waals surface area contributed by atoms with Crippen LogP contribution in [0, 0.1) is 0 Å². The smallest absolute Gasteiger partial charge is 0.339 e. The molecule has 106 valence electrons. The fourth-order valence-corrected chi connectivity index (χ4v) is 1.65. The molecule has 0 aliphatic rings. The molecular formula is C13H17FO5. The highest BCUT2D eigenvalue weighted by Crippen LogP contribution is 2.33. The van der Waals surface area contributed by atoms with Gasteiger partial charge in [0.25, 0.3) is 0 Å². The highest BCUT2D eigenvalue weighted by atomic mass is 19.1. The number of hydrogen-bond donors (Lipinski definition) is 1. The molecule has 1 aromatic rings. The summed E-state index contributed by atoms with van der Waals surface area (Å²) in [7, 11) is 2.74. The van der Waals surface area contributed by atoms with Gasteiger partial charge in [0.15, 0.2) is 6.10 Å². The molecule has 0 radical (unpaired) electrons. The van der Waals surface area contributed by atoms with Gasteiger partial charge in [-0.15, -0.1) is 0 Å². The molecule has 1 aromatic carbocycles. The van der Waals surface area contributed by atoms with E-state index < -0.39 is 18.7 Å². The van der Waals surface area contributed by atoms with Crippen LogP contribution in [-0.2, 0) is 16.2 Å². The average molecular weight is 272 g/mol. The Balaban J connectivity index is 3.21. The van der Waals surface area contributed by atoms with E-state index in [1.807, 2.05) is 0 Å². The highest BCUT2D eigenvalue weighted by molar-refractivity contribution is 5.77. The Kier molecular flexibility index (Phi) is 5.57. The van der Waals surface area contributed by atoms with E-state index in [0.29, 0.717) is 0 Å². The van der Waals surface area contributed by atoms with E-state index >= 15 is 0 Å². The fourth-order valence-electron chi connectivity index (χ4n) is 1.65. The maximum Gasteiger partial charge on any atom is 0.339 e. The van der Waals surface area contributed by atoms with E-state index in [9.17, 15) is 14.3 Å². The number of ether oxygens (including phenoxy) is 3. The number of carbonyl (C=O) groups excluding carboxylic acids is 1. The van der Waals surface area contributed by atoms with E-state index in [1.54, 1.807) is 6.92 Å². The summed E-state index contributed by atoms with van der Waals surface area (Å²) in [6.45, 7) is 1.04. The molecule has 1 rings (SSSR count). The SMILES string of the molecule is CCOC(=O)C(O)c1cc(OC)c(CF)cc1OC. The summed E-state index contributed by atoms with van der Waals surface area (Å²) in [4.78, 5) is 11.5. The summed E-state index contributed by atoms with van der Waals surface area (Å²) in [5, 5.41) is 9.91. The molecule has 0 heterocycles. The van der Waals surface area contributed by atoms with Crippen LogP contribution in [-0.4, -0.2) is 31.9 Å². The second-order valence-corrected chi connectivity index (χ2v) is 3.69. The molecule has 6 heteroatoms. The third-order valence-corrected chi connectivity index (χ3v) is 2.58. The molecule has 1 atom stereocenters. The number of halogens is 1. The second kappa shape index (κ2) is 6.94. The van der Waals surface area contributed by atoms with Gasteiger partial charge in [-0.25, -0.2) is 9.18 Å². The fraction of sp³-hybridized carbons (Fsp3) is 0.462. The monoisotopic (exact) mass is 272 g/mol. The van der Waals surface area contributed by atoms with Gasteiger partial charge in [-0.05, 0) is 19.1 Å². The van der Waals surface area contributed by atoms with Gasteiger partial charge in [-0.3, -0.25) is 0 Å². The Bertz CT molecular complexity index is 447. The van der Waals surface area contributed by atoms with Crippen molar-refractivity contribution in [3.8, 4) is 11.5 Å². The van der Waals surface area contributed by atoms with Crippen molar-refractivity contribution in [1.82, 2.24) is 0 Å². The molecule has 0 saturated heterocycles. The standard InChI is InChI=1S/C13H17FO5/c1-4-19-13(16)12(15)9-6-10(17-2)8(7-14)5-11(9)18-3/h5-6,12,15H,4,7H2,1-3H3. The van der Waals surface area contributed by atoms with Crippen LogP contribution in [0.4, 0.5) is 4.39 Å². The molecular weight excluding hydrogens is 255 g/mol. The topological polar surface area (TPSA) is 65.0 Å². The number of aliphatic hydroxyl groups excluding tert-OH is 1. The minimum Gasteiger partial charge on any atom is -0.496 e. The normalized spacial score (nSPS) is 11.8. The number of methoxy groups -OCH3 is 2. The second-order valence-electron chi connectivity index (χ2n) is 3.69. The van der Waals surface area contributed by atoms with Crippen molar-refractivity contribution in [3.63, 3.8) is 0 Å². The molecule has 19 heavy (non-hydrogen) atoms. The lowest BCUT2D eigenvalue weighted by Gasteiger charge is -2.16. The largest absolute Gasteiger partial charge is 0.496 e. The van der Waals surface area contributed by atoms with Crippen LogP contribution in [0.15, 0.2) is 12.1 Å². The van der Waals surface area contributed by atoms with Crippen molar-refractivity contribution in [2.45, 2.75) is 19.7 Å². The minimum atomic E-state index is -1.50. The summed E-state index contributed by atoms with van der Waals surface area (Å²) >= 11 is 0. The summed E-state index contributed by atoms with van der Waals surface area (Å²) in [6.07, 6.45) is -1.50. The third-order valence-electron chi connectivity index (χ3n) is 2.58. The number of carbonyl (C=O) groups is 1. The van der Waals surface area contributed by atoms with E-state index in [1.165, 1.54) is 26.4 Å². The van der Waals surface area contributed by atoms with Gasteiger partial charge in [0.2, 0.25) is 0 Å². The average Bonchev–Trinajstić information content (AvgIpc) is 2.45. The van der Waals surface area contributed by atoms with E-state index in [2.05, 4.69) is 0 Å². The van der Waals surface area contributed by atoms with E-state index in [4.69, 9.17) is 14.2 Å². The van der Waals surface area contributed by atoms with Crippen LogP contribution in [0.2, 0.25) is 0 Å². The van der Waals surface area contributed by atoms with Crippen molar-refractivity contribution in [2.75, 3.05) is 20.8 Å². The Morgan fingerprint density at radius 2 is 1.95 bits per heavy atom. The summed E-state index contributed by atoms with van der Waals surface area (Å²) in [5.41, 5.74) is 0.453. The third kappa shape index (κ3) is 3.35. The van der Waals surface area contributed by atoms with Gasteiger partial charge in [-0.2, -0.15) is 0 Å². The highest BCUT2D eigenvalue weighted by Gasteiger charge is 2.24. The first-order valence-corrected chi connectivity index (χ1v) is 5.74. The van der Waals surface area contributed by atoms with Crippen LogP contribution < -0.4 is 9.47 Å². The molecule has 0 fully saturated rings. The lowest BCUT2D eigenvalue weighted by molar-refractivity contribution is -0.153. The van der Waals surface area contributed by atoms with E-state index in [-0.39, 0.29) is 29.2 Å². The molecule has 5 nitrogen and oxygen atoms in total. The van der Waals surface area contributed by atoms with Crippen LogP contribution in [0.25, 0.3) is 0 Å². The van der Waals surface area contributed by atoms with Crippen LogP contribution in [0.1, 0.15) is 24.2 Å². The maximum atomic E-state index is 12.8. The number of esters is 1. The number of rotatable bonds is 6. The summed E-state index contributed by atoms with van der Waals surface area (Å²) < 4.78 is 27.6. The molecule has 0 aromatic heterocycles. The van der Waals surface area contributed by atoms with Crippen molar-refractivity contribution in [1.29, 1.82) is 0 Å². The molecule has 0 aliphatic heterocycles. The van der Waals surface area contributed by atoms with Gasteiger partial charge < -0.3 is 19.3 Å². The molecule has 1 unspecified atom stereocenters. The first-order chi connectivity index (χ1) is 9.08. The van der Waals surface area contributed by atoms with Crippen LogP contribution in [0.3, 0.4) is 0 Å². The lowest BCUT2D eigenvalue weighted by atomic mass is 10.0.